The molecule has 1 atom stereocenters. The van der Waals surface area contributed by atoms with E-state index in [4.69, 9.17) is 9.47 Å². The molecule has 1 aliphatic carbocycles. The monoisotopic (exact) mass is 471 g/mol. The number of allylic oxidation sites excluding steroid dienone is 2. The zero-order valence-corrected chi connectivity index (χ0v) is 20.0. The van der Waals surface area contributed by atoms with Gasteiger partial charge in [-0.15, -0.1) is 0 Å². The lowest BCUT2D eigenvalue weighted by Crippen LogP contribution is -2.44. The number of ketones is 1. The number of likely N-dealkylation sites (N-methyl/N-ethyl adjacent to an activating group) is 1. The molecule has 0 aromatic heterocycles. The van der Waals surface area contributed by atoms with Crippen molar-refractivity contribution in [3.8, 4) is 17.6 Å². The molecule has 7 heteroatoms. The summed E-state index contributed by atoms with van der Waals surface area (Å²) in [5, 5.41) is 2.88. The van der Waals surface area contributed by atoms with E-state index in [9.17, 15) is 9.59 Å². The summed E-state index contributed by atoms with van der Waals surface area (Å²) in [6, 6.07) is 15.6. The summed E-state index contributed by atoms with van der Waals surface area (Å²) in [6.45, 7) is 4.38. The molecule has 0 bridgehead atoms. The number of carbonyl (C=O) groups excluding carboxylic acids is 2. The van der Waals surface area contributed by atoms with E-state index in [0.29, 0.717) is 17.9 Å². The molecular weight excluding hydrogens is 442 g/mol. The van der Waals surface area contributed by atoms with Crippen LogP contribution in [0.4, 0.5) is 11.4 Å². The molecule has 4 rings (SSSR count). The summed E-state index contributed by atoms with van der Waals surface area (Å²) < 4.78 is 11.0. The molecule has 1 N–H and O–H groups in total. The van der Waals surface area contributed by atoms with Crippen LogP contribution in [-0.2, 0) is 20.9 Å². The van der Waals surface area contributed by atoms with Gasteiger partial charge >= 0.3 is 0 Å². The second-order valence-corrected chi connectivity index (χ2v) is 8.44. The molecule has 180 valence electrons. The lowest BCUT2D eigenvalue weighted by Gasteiger charge is -2.34. The SMILES string of the molecule is COC1C#CC(/C=C/C(=O)Nc2ccccc2COc2cccc(N3CCN(C)CC3)c2)=CC1=O. The lowest BCUT2D eigenvalue weighted by atomic mass is 10.1. The first-order valence-corrected chi connectivity index (χ1v) is 11.5. The second kappa shape index (κ2) is 11.5. The summed E-state index contributed by atoms with van der Waals surface area (Å²) in [6.07, 6.45) is 3.52. The molecule has 0 radical (unpaired) electrons. The van der Waals surface area contributed by atoms with Crippen LogP contribution in [0.2, 0.25) is 0 Å². The Morgan fingerprint density at radius 2 is 1.94 bits per heavy atom. The van der Waals surface area contributed by atoms with Crippen LogP contribution in [0.25, 0.3) is 0 Å². The van der Waals surface area contributed by atoms with Crippen molar-refractivity contribution < 1.29 is 19.1 Å². The van der Waals surface area contributed by atoms with Gasteiger partial charge in [-0.1, -0.05) is 36.1 Å². The van der Waals surface area contributed by atoms with Crippen molar-refractivity contribution in [2.45, 2.75) is 12.7 Å². The maximum atomic E-state index is 12.5. The molecule has 35 heavy (non-hydrogen) atoms. The van der Waals surface area contributed by atoms with Crippen LogP contribution in [0.3, 0.4) is 0 Å². The molecule has 0 spiro atoms. The van der Waals surface area contributed by atoms with E-state index in [1.165, 1.54) is 25.3 Å². The number of amides is 1. The van der Waals surface area contributed by atoms with Gasteiger partial charge in [-0.25, -0.2) is 0 Å². The van der Waals surface area contributed by atoms with Gasteiger partial charge in [-0.05, 0) is 31.3 Å². The van der Waals surface area contributed by atoms with Crippen molar-refractivity contribution in [1.29, 1.82) is 0 Å². The van der Waals surface area contributed by atoms with Gasteiger partial charge in [0.15, 0.2) is 11.9 Å². The third kappa shape index (κ3) is 6.60. The summed E-state index contributed by atoms with van der Waals surface area (Å²) >= 11 is 0. The Labute approximate surface area is 206 Å². The van der Waals surface area contributed by atoms with E-state index in [2.05, 4.69) is 46.1 Å². The van der Waals surface area contributed by atoms with Crippen molar-refractivity contribution in [2.75, 3.05) is 50.6 Å². The topological polar surface area (TPSA) is 71.1 Å². The van der Waals surface area contributed by atoms with E-state index < -0.39 is 6.10 Å². The highest BCUT2D eigenvalue weighted by Gasteiger charge is 2.16. The minimum absolute atomic E-state index is 0.231. The van der Waals surface area contributed by atoms with Crippen molar-refractivity contribution in [1.82, 2.24) is 4.90 Å². The maximum absolute atomic E-state index is 12.5. The van der Waals surface area contributed by atoms with E-state index >= 15 is 0 Å². The van der Waals surface area contributed by atoms with Gasteiger partial charge in [0.25, 0.3) is 0 Å². The van der Waals surface area contributed by atoms with Gasteiger partial charge < -0.3 is 24.6 Å². The number of para-hydroxylation sites is 1. The highest BCUT2D eigenvalue weighted by molar-refractivity contribution is 6.02. The zero-order valence-electron chi connectivity index (χ0n) is 20.0. The molecule has 2 aromatic rings. The predicted octanol–water partition coefficient (Wildman–Crippen LogP) is 3.04. The second-order valence-electron chi connectivity index (χ2n) is 8.44. The molecular formula is C28H29N3O4. The maximum Gasteiger partial charge on any atom is 0.248 e. The Hall–Kier alpha value is -3.86. The van der Waals surface area contributed by atoms with E-state index in [1.54, 1.807) is 0 Å². The van der Waals surface area contributed by atoms with E-state index in [0.717, 1.165) is 43.2 Å². The number of piperazine rings is 1. The minimum atomic E-state index is -0.741. The van der Waals surface area contributed by atoms with Crippen LogP contribution >= 0.6 is 0 Å². The van der Waals surface area contributed by atoms with Crippen LogP contribution < -0.4 is 15.0 Å². The molecule has 1 heterocycles. The van der Waals surface area contributed by atoms with Crippen molar-refractivity contribution in [3.05, 3.63) is 77.9 Å². The Morgan fingerprint density at radius 1 is 1.14 bits per heavy atom. The van der Waals surface area contributed by atoms with Crippen molar-refractivity contribution >= 4 is 23.1 Å². The highest BCUT2D eigenvalue weighted by atomic mass is 16.5. The number of nitrogens with one attached hydrogen (secondary N) is 1. The number of carbonyl (C=O) groups is 2. The summed E-state index contributed by atoms with van der Waals surface area (Å²) in [7, 11) is 3.58. The first kappa shape index (κ1) is 24.3. The lowest BCUT2D eigenvalue weighted by molar-refractivity contribution is -0.121. The molecule has 1 fully saturated rings. The van der Waals surface area contributed by atoms with Crippen LogP contribution in [0.1, 0.15) is 5.56 Å². The Balaban J connectivity index is 1.36. The Morgan fingerprint density at radius 3 is 2.71 bits per heavy atom. The Bertz CT molecular complexity index is 1200. The Kier molecular flexibility index (Phi) is 7.99. The predicted molar refractivity (Wildman–Crippen MR) is 136 cm³/mol. The van der Waals surface area contributed by atoms with Gasteiger partial charge in [0.05, 0.1) is 0 Å². The van der Waals surface area contributed by atoms with Crippen LogP contribution in [-0.4, -0.2) is 63.0 Å². The number of methoxy groups -OCH3 is 1. The summed E-state index contributed by atoms with van der Waals surface area (Å²) in [5.74, 6) is 5.77. The minimum Gasteiger partial charge on any atom is -0.489 e. The number of hydrogen-bond donors (Lipinski definition) is 1. The first-order chi connectivity index (χ1) is 17.0. The summed E-state index contributed by atoms with van der Waals surface area (Å²) in [4.78, 5) is 29.1. The average Bonchev–Trinajstić information content (AvgIpc) is 2.88. The molecule has 7 nitrogen and oxygen atoms in total. The van der Waals surface area contributed by atoms with Gasteiger partial charge in [-0.2, -0.15) is 0 Å². The van der Waals surface area contributed by atoms with Crippen LogP contribution in [0, 0.1) is 11.8 Å². The molecule has 1 unspecified atom stereocenters. The first-order valence-electron chi connectivity index (χ1n) is 11.5. The number of benzene rings is 2. The highest BCUT2D eigenvalue weighted by Crippen LogP contribution is 2.24. The molecule has 2 aromatic carbocycles. The van der Waals surface area contributed by atoms with Gasteiger partial charge in [0, 0.05) is 74.0 Å². The van der Waals surface area contributed by atoms with Crippen molar-refractivity contribution in [3.63, 3.8) is 0 Å². The van der Waals surface area contributed by atoms with Gasteiger partial charge in [0.2, 0.25) is 5.91 Å². The summed E-state index contributed by atoms with van der Waals surface area (Å²) in [5.41, 5.74) is 3.14. The van der Waals surface area contributed by atoms with Gasteiger partial charge in [0.1, 0.15) is 12.4 Å². The quantitative estimate of drug-likeness (QED) is 0.472. The molecule has 1 aliphatic heterocycles. The van der Waals surface area contributed by atoms with Crippen LogP contribution in [0.5, 0.6) is 5.75 Å². The number of rotatable bonds is 8. The van der Waals surface area contributed by atoms with E-state index in [1.807, 2.05) is 36.4 Å². The van der Waals surface area contributed by atoms with Gasteiger partial charge in [-0.3, -0.25) is 9.59 Å². The molecule has 1 amide bonds. The molecule has 2 aliphatic rings. The standard InChI is InChI=1S/C28H29N3O4/c1-30-14-16-31(17-15-30)23-7-5-8-24(19-23)35-20-22-6-3-4-9-25(22)29-28(33)13-11-21-10-12-27(34-2)26(32)18-21/h3-9,11,13,18-19,27H,14-17,20H2,1-2H3,(H,29,33)/b13-11+. The zero-order chi connectivity index (χ0) is 24.6. The average molecular weight is 472 g/mol. The third-order valence-electron chi connectivity index (χ3n) is 5.91. The smallest absolute Gasteiger partial charge is 0.248 e. The fourth-order valence-corrected chi connectivity index (χ4v) is 3.85. The van der Waals surface area contributed by atoms with E-state index in [-0.39, 0.29) is 11.7 Å². The fourth-order valence-electron chi connectivity index (χ4n) is 3.85. The van der Waals surface area contributed by atoms with Crippen LogP contribution in [0.15, 0.2) is 72.3 Å². The molecule has 1 saturated heterocycles. The number of anilines is 2. The fraction of sp³-hybridized carbons (Fsp3) is 0.286. The largest absolute Gasteiger partial charge is 0.489 e. The number of hydrogen-bond acceptors (Lipinski definition) is 6. The normalized spacial score (nSPS) is 18.1. The number of nitrogens with zero attached hydrogens (tertiary/aromatic N) is 2. The third-order valence-corrected chi connectivity index (χ3v) is 5.91. The number of ether oxygens (including phenoxy) is 2. The van der Waals surface area contributed by atoms with Crippen molar-refractivity contribution in [2.24, 2.45) is 0 Å². The molecule has 0 saturated carbocycles.